The Hall–Kier alpha value is -2.83. The highest BCUT2D eigenvalue weighted by Crippen LogP contribution is 2.26. The Kier molecular flexibility index (Phi) is 6.68. The molecule has 28 heavy (non-hydrogen) atoms. The molecule has 0 bridgehead atoms. The highest BCUT2D eigenvalue weighted by Gasteiger charge is 2.17. The fourth-order valence-electron chi connectivity index (χ4n) is 3.25. The first-order chi connectivity index (χ1) is 13.5. The number of hydrogen-bond acceptors (Lipinski definition) is 4. The number of carbonyl (C=O) groups is 1. The maximum atomic E-state index is 12.5. The zero-order valence-corrected chi connectivity index (χ0v) is 15.8. The Bertz CT molecular complexity index is 777. The van der Waals surface area contributed by atoms with Crippen LogP contribution in [0.2, 0.25) is 0 Å². The van der Waals surface area contributed by atoms with Crippen LogP contribution in [0.3, 0.4) is 0 Å². The van der Waals surface area contributed by atoms with E-state index in [9.17, 15) is 13.6 Å². The van der Waals surface area contributed by atoms with Gasteiger partial charge in [0, 0.05) is 24.5 Å². The van der Waals surface area contributed by atoms with E-state index >= 15 is 0 Å². The molecule has 3 rings (SSSR count). The summed E-state index contributed by atoms with van der Waals surface area (Å²) < 4.78 is 29.4. The summed E-state index contributed by atoms with van der Waals surface area (Å²) in [5.74, 6) is -0.408. The number of nitrogens with one attached hydrogen (secondary N) is 2. The molecule has 1 fully saturated rings. The largest absolute Gasteiger partial charge is 0.433 e. The summed E-state index contributed by atoms with van der Waals surface area (Å²) >= 11 is 0. The Labute approximate surface area is 163 Å². The van der Waals surface area contributed by atoms with Crippen molar-refractivity contribution >= 4 is 23.0 Å². The standard InChI is InChI=1S/C21H25F2N3O2/c1-15(20(27)25-18-7-3-4-8-19(18)28-21(22)23)24-16-9-11-17(12-10-16)26-13-5-2-6-14-26/h3-4,7-12,15,21,24H,2,5-6,13-14H2,1H3,(H,25,27). The van der Waals surface area contributed by atoms with Crippen LogP contribution in [-0.2, 0) is 4.79 Å². The third kappa shape index (κ3) is 5.34. The molecule has 5 nitrogen and oxygen atoms in total. The highest BCUT2D eigenvalue weighted by atomic mass is 19.3. The van der Waals surface area contributed by atoms with E-state index in [-0.39, 0.29) is 17.3 Å². The molecule has 1 unspecified atom stereocenters. The van der Waals surface area contributed by atoms with Crippen LogP contribution >= 0.6 is 0 Å². The van der Waals surface area contributed by atoms with Crippen molar-refractivity contribution in [3.63, 3.8) is 0 Å². The van der Waals surface area contributed by atoms with Gasteiger partial charge in [0.1, 0.15) is 11.8 Å². The van der Waals surface area contributed by atoms with Crippen LogP contribution in [-0.4, -0.2) is 31.7 Å². The molecule has 0 aromatic heterocycles. The van der Waals surface area contributed by atoms with Crippen molar-refractivity contribution in [3.05, 3.63) is 48.5 Å². The van der Waals surface area contributed by atoms with Gasteiger partial charge >= 0.3 is 6.61 Å². The summed E-state index contributed by atoms with van der Waals surface area (Å²) in [5.41, 5.74) is 2.21. The van der Waals surface area contributed by atoms with Gasteiger partial charge in [-0.3, -0.25) is 4.79 Å². The molecule has 1 saturated heterocycles. The molecule has 0 saturated carbocycles. The number of alkyl halides is 2. The zero-order chi connectivity index (χ0) is 19.9. The predicted molar refractivity (Wildman–Crippen MR) is 107 cm³/mol. The van der Waals surface area contributed by atoms with Crippen molar-refractivity contribution in [1.29, 1.82) is 0 Å². The van der Waals surface area contributed by atoms with Crippen molar-refractivity contribution < 1.29 is 18.3 Å². The number of piperidine rings is 1. The van der Waals surface area contributed by atoms with Crippen molar-refractivity contribution in [2.24, 2.45) is 0 Å². The number of amides is 1. The lowest BCUT2D eigenvalue weighted by atomic mass is 10.1. The van der Waals surface area contributed by atoms with Gasteiger partial charge in [0.15, 0.2) is 0 Å². The van der Waals surface area contributed by atoms with Gasteiger partial charge < -0.3 is 20.3 Å². The van der Waals surface area contributed by atoms with Crippen molar-refractivity contribution in [2.45, 2.75) is 38.8 Å². The summed E-state index contributed by atoms with van der Waals surface area (Å²) in [7, 11) is 0. The molecule has 1 atom stereocenters. The third-order valence-electron chi connectivity index (χ3n) is 4.73. The van der Waals surface area contributed by atoms with Gasteiger partial charge in [-0.05, 0) is 62.6 Å². The lowest BCUT2D eigenvalue weighted by molar-refractivity contribution is -0.116. The van der Waals surface area contributed by atoms with Gasteiger partial charge in [-0.2, -0.15) is 8.78 Å². The van der Waals surface area contributed by atoms with E-state index in [1.807, 2.05) is 24.3 Å². The molecular formula is C21H25F2N3O2. The van der Waals surface area contributed by atoms with Gasteiger partial charge in [-0.15, -0.1) is 0 Å². The van der Waals surface area contributed by atoms with Crippen LogP contribution in [0.5, 0.6) is 5.75 Å². The maximum absolute atomic E-state index is 12.5. The second kappa shape index (κ2) is 9.39. The minimum absolute atomic E-state index is 0.0658. The number of ether oxygens (including phenoxy) is 1. The molecule has 0 aliphatic carbocycles. The second-order valence-electron chi connectivity index (χ2n) is 6.82. The van der Waals surface area contributed by atoms with E-state index in [1.54, 1.807) is 19.1 Å². The van der Waals surface area contributed by atoms with Crippen molar-refractivity contribution in [2.75, 3.05) is 28.6 Å². The Morgan fingerprint density at radius 2 is 1.71 bits per heavy atom. The van der Waals surface area contributed by atoms with E-state index in [4.69, 9.17) is 0 Å². The van der Waals surface area contributed by atoms with Gasteiger partial charge in [-0.1, -0.05) is 12.1 Å². The quantitative estimate of drug-likeness (QED) is 0.720. The van der Waals surface area contributed by atoms with Crippen LogP contribution in [0, 0.1) is 0 Å². The zero-order valence-electron chi connectivity index (χ0n) is 15.8. The molecular weight excluding hydrogens is 364 g/mol. The van der Waals surface area contributed by atoms with E-state index in [1.165, 1.54) is 37.1 Å². The summed E-state index contributed by atoms with van der Waals surface area (Å²) in [6.07, 6.45) is 3.72. The van der Waals surface area contributed by atoms with Crippen LogP contribution in [0.4, 0.5) is 25.8 Å². The summed E-state index contributed by atoms with van der Waals surface area (Å²) in [6, 6.07) is 13.6. The highest BCUT2D eigenvalue weighted by molar-refractivity contribution is 5.97. The Balaban J connectivity index is 1.58. The number of nitrogens with zero attached hydrogens (tertiary/aromatic N) is 1. The molecule has 0 radical (unpaired) electrons. The van der Waals surface area contributed by atoms with E-state index in [0.29, 0.717) is 0 Å². The minimum Gasteiger partial charge on any atom is -0.433 e. The van der Waals surface area contributed by atoms with Crippen LogP contribution in [0.15, 0.2) is 48.5 Å². The first kappa shape index (κ1) is 19.9. The van der Waals surface area contributed by atoms with E-state index in [0.717, 1.165) is 18.8 Å². The maximum Gasteiger partial charge on any atom is 0.387 e. The first-order valence-electron chi connectivity index (χ1n) is 9.49. The summed E-state index contributed by atoms with van der Waals surface area (Å²) in [4.78, 5) is 14.8. The number of hydrogen-bond donors (Lipinski definition) is 2. The number of halogens is 2. The number of rotatable bonds is 7. The molecule has 1 aliphatic rings. The van der Waals surface area contributed by atoms with Gasteiger partial charge in [0.05, 0.1) is 5.69 Å². The lowest BCUT2D eigenvalue weighted by Gasteiger charge is -2.29. The van der Waals surface area contributed by atoms with Gasteiger partial charge in [0.2, 0.25) is 5.91 Å². The Morgan fingerprint density at radius 1 is 1.04 bits per heavy atom. The number of benzene rings is 2. The van der Waals surface area contributed by atoms with Gasteiger partial charge in [0.25, 0.3) is 0 Å². The number of para-hydroxylation sites is 2. The van der Waals surface area contributed by atoms with Crippen molar-refractivity contribution in [1.82, 2.24) is 0 Å². The van der Waals surface area contributed by atoms with Crippen LogP contribution in [0.25, 0.3) is 0 Å². The molecule has 2 aromatic carbocycles. The molecule has 1 amide bonds. The average Bonchev–Trinajstić information content (AvgIpc) is 2.70. The summed E-state index contributed by atoms with van der Waals surface area (Å²) in [5, 5.41) is 5.76. The SMILES string of the molecule is CC(Nc1ccc(N2CCCCC2)cc1)C(=O)Nc1ccccc1OC(F)F. The van der Waals surface area contributed by atoms with Gasteiger partial charge in [-0.25, -0.2) is 0 Å². The topological polar surface area (TPSA) is 53.6 Å². The minimum atomic E-state index is -2.95. The first-order valence-corrected chi connectivity index (χ1v) is 9.49. The molecule has 7 heteroatoms. The summed E-state index contributed by atoms with van der Waals surface area (Å²) in [6.45, 7) is 0.911. The molecule has 1 aliphatic heterocycles. The monoisotopic (exact) mass is 389 g/mol. The fraction of sp³-hybridized carbons (Fsp3) is 0.381. The molecule has 2 aromatic rings. The van der Waals surface area contributed by atoms with E-state index in [2.05, 4.69) is 20.3 Å². The predicted octanol–water partition coefficient (Wildman–Crippen LogP) is 4.72. The molecule has 1 heterocycles. The number of carbonyl (C=O) groups excluding carboxylic acids is 1. The third-order valence-corrected chi connectivity index (χ3v) is 4.73. The normalized spacial score (nSPS) is 15.2. The van der Waals surface area contributed by atoms with Crippen LogP contribution < -0.4 is 20.3 Å². The Morgan fingerprint density at radius 3 is 2.39 bits per heavy atom. The fourth-order valence-corrected chi connectivity index (χ4v) is 3.25. The molecule has 2 N–H and O–H groups in total. The second-order valence-corrected chi connectivity index (χ2v) is 6.82. The van der Waals surface area contributed by atoms with Crippen LogP contribution in [0.1, 0.15) is 26.2 Å². The van der Waals surface area contributed by atoms with Crippen molar-refractivity contribution in [3.8, 4) is 5.75 Å². The van der Waals surface area contributed by atoms with E-state index < -0.39 is 12.7 Å². The average molecular weight is 389 g/mol. The molecule has 0 spiro atoms. The smallest absolute Gasteiger partial charge is 0.387 e. The molecule has 150 valence electrons. The lowest BCUT2D eigenvalue weighted by Crippen LogP contribution is -2.32. The number of anilines is 3.